The van der Waals surface area contributed by atoms with E-state index in [1.54, 1.807) is 7.11 Å². The first-order valence-corrected chi connectivity index (χ1v) is 10.1. The minimum atomic E-state index is -1.09. The summed E-state index contributed by atoms with van der Waals surface area (Å²) in [6.45, 7) is 5.62. The molecule has 170 valence electrons. The SMILES string of the molecule is CNC1[C@@H](OC)OC(CO)[C@@H](O[C@@H]2OC3COC(C)(C)O[C@H]3[C@@H](OC)C2O)[C@@H]1C. The summed E-state index contributed by atoms with van der Waals surface area (Å²) in [5.41, 5.74) is 0. The Balaban J connectivity index is 1.76. The second kappa shape index (κ2) is 9.39. The average Bonchev–Trinajstić information content (AvgIpc) is 2.69. The van der Waals surface area contributed by atoms with E-state index in [2.05, 4.69) is 5.32 Å². The molecule has 3 N–H and O–H groups in total. The molecule has 0 spiro atoms. The molecule has 3 aliphatic heterocycles. The molecular formula is C19H35NO9. The molecule has 10 atom stereocenters. The van der Waals surface area contributed by atoms with Gasteiger partial charge in [0.15, 0.2) is 18.4 Å². The van der Waals surface area contributed by atoms with E-state index >= 15 is 0 Å². The largest absolute Gasteiger partial charge is 0.394 e. The van der Waals surface area contributed by atoms with Crippen LogP contribution in [0.5, 0.6) is 0 Å². The fourth-order valence-corrected chi connectivity index (χ4v) is 4.44. The van der Waals surface area contributed by atoms with Crippen LogP contribution >= 0.6 is 0 Å². The van der Waals surface area contributed by atoms with E-state index in [4.69, 9.17) is 33.2 Å². The van der Waals surface area contributed by atoms with Gasteiger partial charge < -0.3 is 48.7 Å². The number of fused-ring (bicyclic) bond motifs is 1. The van der Waals surface area contributed by atoms with Crippen molar-refractivity contribution in [2.45, 2.75) is 81.8 Å². The molecule has 29 heavy (non-hydrogen) atoms. The van der Waals surface area contributed by atoms with Crippen molar-refractivity contribution < 1.29 is 43.4 Å². The van der Waals surface area contributed by atoms with Crippen LogP contribution in [-0.4, -0.2) is 106 Å². The van der Waals surface area contributed by atoms with E-state index in [9.17, 15) is 10.2 Å². The Bertz CT molecular complexity index is 536. The molecule has 0 aliphatic carbocycles. The van der Waals surface area contributed by atoms with Crippen molar-refractivity contribution in [3.8, 4) is 0 Å². The highest BCUT2D eigenvalue weighted by molar-refractivity contribution is 4.97. The molecule has 0 aromatic rings. The first kappa shape index (κ1) is 23.3. The first-order valence-electron chi connectivity index (χ1n) is 10.1. The summed E-state index contributed by atoms with van der Waals surface area (Å²) in [6.07, 6.45) is -5.38. The third kappa shape index (κ3) is 4.62. The van der Waals surface area contributed by atoms with Gasteiger partial charge in [-0.15, -0.1) is 0 Å². The minimum Gasteiger partial charge on any atom is -0.394 e. The molecule has 0 amide bonds. The molecule has 0 aromatic heterocycles. The topological polar surface area (TPSA) is 117 Å². The molecular weight excluding hydrogens is 386 g/mol. The van der Waals surface area contributed by atoms with E-state index in [1.807, 2.05) is 27.8 Å². The number of methoxy groups -OCH3 is 2. The monoisotopic (exact) mass is 421 g/mol. The maximum absolute atomic E-state index is 10.9. The lowest BCUT2D eigenvalue weighted by Crippen LogP contribution is -2.67. The number of likely N-dealkylation sites (N-methyl/N-ethyl adjacent to an activating group) is 1. The van der Waals surface area contributed by atoms with Crippen LogP contribution in [-0.2, 0) is 33.2 Å². The van der Waals surface area contributed by atoms with Crippen molar-refractivity contribution in [2.75, 3.05) is 34.5 Å². The number of nitrogens with one attached hydrogen (secondary N) is 1. The molecule has 0 aromatic carbocycles. The quantitative estimate of drug-likeness (QED) is 0.504. The highest BCUT2D eigenvalue weighted by Gasteiger charge is 2.53. The zero-order chi connectivity index (χ0) is 21.3. The van der Waals surface area contributed by atoms with Gasteiger partial charge in [0.2, 0.25) is 0 Å². The molecule has 10 heteroatoms. The number of rotatable bonds is 6. The van der Waals surface area contributed by atoms with Crippen LogP contribution in [0.3, 0.4) is 0 Å². The summed E-state index contributed by atoms with van der Waals surface area (Å²) in [5, 5.41) is 23.9. The highest BCUT2D eigenvalue weighted by Crippen LogP contribution is 2.36. The van der Waals surface area contributed by atoms with E-state index in [0.29, 0.717) is 0 Å². The summed E-state index contributed by atoms with van der Waals surface area (Å²) in [4.78, 5) is 0. The summed E-state index contributed by atoms with van der Waals surface area (Å²) < 4.78 is 40.6. The van der Waals surface area contributed by atoms with Gasteiger partial charge in [-0.1, -0.05) is 6.92 Å². The van der Waals surface area contributed by atoms with Gasteiger partial charge in [-0.3, -0.25) is 0 Å². The van der Waals surface area contributed by atoms with Crippen molar-refractivity contribution in [2.24, 2.45) is 5.92 Å². The third-order valence-corrected chi connectivity index (χ3v) is 5.99. The van der Waals surface area contributed by atoms with Crippen LogP contribution in [0.25, 0.3) is 0 Å². The first-order chi connectivity index (χ1) is 13.8. The Morgan fingerprint density at radius 2 is 1.83 bits per heavy atom. The van der Waals surface area contributed by atoms with Crippen LogP contribution in [0.15, 0.2) is 0 Å². The fourth-order valence-electron chi connectivity index (χ4n) is 4.44. The van der Waals surface area contributed by atoms with Crippen molar-refractivity contribution in [1.29, 1.82) is 0 Å². The van der Waals surface area contributed by atoms with Crippen molar-refractivity contribution >= 4 is 0 Å². The summed E-state index contributed by atoms with van der Waals surface area (Å²) in [5.74, 6) is -0.888. The normalized spacial score (nSPS) is 47.6. The smallest absolute Gasteiger partial charge is 0.187 e. The zero-order valence-electron chi connectivity index (χ0n) is 17.9. The number of hydrogen-bond donors (Lipinski definition) is 3. The Morgan fingerprint density at radius 1 is 1.10 bits per heavy atom. The number of ether oxygens (including phenoxy) is 7. The zero-order valence-corrected chi connectivity index (χ0v) is 17.9. The Kier molecular flexibility index (Phi) is 7.54. The molecule has 3 fully saturated rings. The van der Waals surface area contributed by atoms with Crippen LogP contribution in [0, 0.1) is 5.92 Å². The fraction of sp³-hybridized carbons (Fsp3) is 1.00. The molecule has 3 rings (SSSR count). The lowest BCUT2D eigenvalue weighted by atomic mass is 9.88. The molecule has 0 saturated carbocycles. The van der Waals surface area contributed by atoms with Gasteiger partial charge in [-0.25, -0.2) is 0 Å². The molecule has 3 aliphatic rings. The number of hydrogen-bond acceptors (Lipinski definition) is 10. The predicted molar refractivity (Wildman–Crippen MR) is 100 cm³/mol. The van der Waals surface area contributed by atoms with Gasteiger partial charge in [-0.2, -0.15) is 0 Å². The minimum absolute atomic E-state index is 0.0943. The van der Waals surface area contributed by atoms with Gasteiger partial charge in [0.1, 0.15) is 30.5 Å². The standard InChI is InChI=1S/C19H35NO9/c1-9-12(20-4)17(24-6)26-10(7-21)14(9)28-18-13(22)16(23-5)15-11(27-18)8-25-19(2,3)29-15/h9-18,20-22H,7-8H2,1-6H3/t9-,10?,11?,12?,13?,14+,15-,16+,17+,18+/m1/s1. The van der Waals surface area contributed by atoms with Crippen LogP contribution in [0.1, 0.15) is 20.8 Å². The third-order valence-electron chi connectivity index (χ3n) is 5.99. The number of aliphatic hydroxyl groups excluding tert-OH is 2. The second-order valence-corrected chi connectivity index (χ2v) is 8.26. The maximum Gasteiger partial charge on any atom is 0.187 e. The van der Waals surface area contributed by atoms with E-state index in [-0.39, 0.29) is 25.2 Å². The number of aliphatic hydroxyl groups is 2. The second-order valence-electron chi connectivity index (χ2n) is 8.26. The van der Waals surface area contributed by atoms with Gasteiger partial charge in [-0.05, 0) is 20.9 Å². The highest BCUT2D eigenvalue weighted by atomic mass is 16.8. The Morgan fingerprint density at radius 3 is 2.41 bits per heavy atom. The van der Waals surface area contributed by atoms with Crippen molar-refractivity contribution in [3.05, 3.63) is 0 Å². The average molecular weight is 421 g/mol. The van der Waals surface area contributed by atoms with E-state index in [1.165, 1.54) is 7.11 Å². The van der Waals surface area contributed by atoms with Crippen molar-refractivity contribution in [3.63, 3.8) is 0 Å². The molecule has 3 saturated heterocycles. The molecule has 0 radical (unpaired) electrons. The van der Waals surface area contributed by atoms with Gasteiger partial charge in [0.25, 0.3) is 0 Å². The summed E-state index contributed by atoms with van der Waals surface area (Å²) in [6, 6.07) is -0.165. The summed E-state index contributed by atoms with van der Waals surface area (Å²) >= 11 is 0. The van der Waals surface area contributed by atoms with Crippen LogP contribution in [0.4, 0.5) is 0 Å². The maximum atomic E-state index is 10.9. The van der Waals surface area contributed by atoms with Gasteiger partial charge in [0, 0.05) is 20.1 Å². The van der Waals surface area contributed by atoms with Crippen LogP contribution < -0.4 is 5.32 Å². The summed E-state index contributed by atoms with van der Waals surface area (Å²) in [7, 11) is 4.88. The van der Waals surface area contributed by atoms with Gasteiger partial charge in [0.05, 0.1) is 25.4 Å². The van der Waals surface area contributed by atoms with Crippen LogP contribution in [0.2, 0.25) is 0 Å². The molecule has 10 nitrogen and oxygen atoms in total. The van der Waals surface area contributed by atoms with Gasteiger partial charge >= 0.3 is 0 Å². The van der Waals surface area contributed by atoms with E-state index in [0.717, 1.165) is 0 Å². The molecule has 0 bridgehead atoms. The van der Waals surface area contributed by atoms with Crippen molar-refractivity contribution in [1.82, 2.24) is 5.32 Å². The lowest BCUT2D eigenvalue weighted by molar-refractivity contribution is -0.395. The molecule has 3 heterocycles. The Hall–Kier alpha value is -0.400. The lowest BCUT2D eigenvalue weighted by Gasteiger charge is -2.51. The molecule has 4 unspecified atom stereocenters. The van der Waals surface area contributed by atoms with E-state index < -0.39 is 55.0 Å². The Labute approximate surface area is 171 Å². The predicted octanol–water partition coefficient (Wildman–Crippen LogP) is -0.788.